The van der Waals surface area contributed by atoms with E-state index in [0.29, 0.717) is 24.7 Å². The number of likely N-dealkylation sites (tertiary alicyclic amines) is 1. The summed E-state index contributed by atoms with van der Waals surface area (Å²) in [6, 6.07) is 16.8. The molecule has 9 nitrogen and oxygen atoms in total. The molecule has 4 aromatic rings. The number of aliphatic imine (C=N–C) groups is 1. The van der Waals surface area contributed by atoms with E-state index in [4.69, 9.17) is 10.5 Å². The molecule has 4 atom stereocenters. The summed E-state index contributed by atoms with van der Waals surface area (Å²) in [6.45, 7) is 2.35. The first-order valence-electron chi connectivity index (χ1n) is 15.3. The number of hydrogen-bond donors (Lipinski definition) is 6. The van der Waals surface area contributed by atoms with Crippen molar-refractivity contribution in [3.8, 4) is 17.2 Å². The van der Waals surface area contributed by atoms with E-state index in [0.717, 1.165) is 70.8 Å². The topological polar surface area (TPSA) is 139 Å². The molecule has 3 aromatic carbocycles. The summed E-state index contributed by atoms with van der Waals surface area (Å²) in [5, 5.41) is 37.8. The molecular weight excluding hydrogens is 542 g/mol. The number of phenols is 2. The van der Waals surface area contributed by atoms with Crippen molar-refractivity contribution in [1.29, 1.82) is 0 Å². The molecular formula is C34H35N5O4. The fourth-order valence-corrected chi connectivity index (χ4v) is 8.66. The van der Waals surface area contributed by atoms with E-state index >= 15 is 0 Å². The van der Waals surface area contributed by atoms with Gasteiger partial charge in [0.05, 0.1) is 23.3 Å². The van der Waals surface area contributed by atoms with E-state index in [2.05, 4.69) is 26.3 Å². The SMILES string of the molecule is NC(=NCc1ccc(O)cc1)Nc1ccc2[nH]c3c(c2c1)C[C@@]1(O)C2Cc4ccc(O)c5c4[C@@]1(CCN2CC1CC1)[C@H]3O5. The number of nitrogens with two attached hydrogens (primary N) is 1. The quantitative estimate of drug-likeness (QED) is 0.154. The second-order valence-electron chi connectivity index (χ2n) is 13.2. The van der Waals surface area contributed by atoms with Gasteiger partial charge in [-0.15, -0.1) is 0 Å². The summed E-state index contributed by atoms with van der Waals surface area (Å²) in [5.41, 5.74) is 11.6. The first-order chi connectivity index (χ1) is 20.8. The minimum atomic E-state index is -1.03. The molecule has 2 bridgehead atoms. The van der Waals surface area contributed by atoms with E-state index in [-0.39, 0.29) is 17.5 Å². The molecule has 5 aliphatic rings. The van der Waals surface area contributed by atoms with Crippen LogP contribution in [0.4, 0.5) is 5.69 Å². The third-order valence-electron chi connectivity index (χ3n) is 10.8. The van der Waals surface area contributed by atoms with Crippen LogP contribution in [-0.4, -0.2) is 55.9 Å². The van der Waals surface area contributed by atoms with Crippen molar-refractivity contribution >= 4 is 22.5 Å². The molecule has 7 N–H and O–H groups in total. The second-order valence-corrected chi connectivity index (χ2v) is 13.2. The van der Waals surface area contributed by atoms with Crippen LogP contribution < -0.4 is 15.8 Å². The number of nitrogens with zero attached hydrogens (tertiary/aromatic N) is 2. The van der Waals surface area contributed by atoms with Gasteiger partial charge in [0.15, 0.2) is 23.6 Å². The van der Waals surface area contributed by atoms with Crippen molar-refractivity contribution in [2.24, 2.45) is 16.6 Å². The van der Waals surface area contributed by atoms with Crippen LogP contribution in [0, 0.1) is 5.92 Å². The van der Waals surface area contributed by atoms with E-state index in [1.165, 1.54) is 18.4 Å². The molecule has 43 heavy (non-hydrogen) atoms. The molecule has 1 unspecified atom stereocenters. The number of fused-ring (bicyclic) bond motifs is 4. The fourth-order valence-electron chi connectivity index (χ4n) is 8.66. The predicted octanol–water partition coefficient (Wildman–Crippen LogP) is 4.21. The molecule has 3 aliphatic carbocycles. The van der Waals surface area contributed by atoms with Gasteiger partial charge in [-0.1, -0.05) is 18.2 Å². The van der Waals surface area contributed by atoms with E-state index < -0.39 is 17.1 Å². The Kier molecular flexibility index (Phi) is 5.10. The highest BCUT2D eigenvalue weighted by Crippen LogP contribution is 2.69. The maximum Gasteiger partial charge on any atom is 0.193 e. The standard InChI is InChI=1S/C34H35N5O4/c35-32(36-16-18-3-7-22(40)8-4-18)37-21-6-9-25-23(14-21)24-15-34(42)27-13-20-5-10-26(41)30-28(20)33(34,31(43-30)29(24)38-25)11-12-39(27)17-19-1-2-19/h3-10,14,19,27,31,38,40-42H,1-2,11-13,15-17H2,(H3,35,36,37)/t27?,31-,33-,34+/m0/s1. The van der Waals surface area contributed by atoms with Crippen molar-refractivity contribution in [1.82, 2.24) is 9.88 Å². The number of aromatic amines is 1. The van der Waals surface area contributed by atoms with Crippen LogP contribution in [0.1, 0.15) is 53.3 Å². The van der Waals surface area contributed by atoms with Gasteiger partial charge >= 0.3 is 0 Å². The summed E-state index contributed by atoms with van der Waals surface area (Å²) in [5.74, 6) is 1.93. The zero-order valence-electron chi connectivity index (χ0n) is 23.8. The lowest BCUT2D eigenvalue weighted by atomic mass is 9.49. The number of aromatic hydroxyl groups is 2. The highest BCUT2D eigenvalue weighted by molar-refractivity contribution is 5.96. The summed E-state index contributed by atoms with van der Waals surface area (Å²) in [6.07, 6.45) is 4.19. The van der Waals surface area contributed by atoms with Gasteiger partial charge in [-0.3, -0.25) is 4.90 Å². The zero-order chi connectivity index (χ0) is 29.1. The van der Waals surface area contributed by atoms with E-state index in [1.54, 1.807) is 18.2 Å². The summed E-state index contributed by atoms with van der Waals surface area (Å²) < 4.78 is 6.71. The van der Waals surface area contributed by atoms with Crippen molar-refractivity contribution in [2.45, 2.75) is 61.8 Å². The number of anilines is 1. The average Bonchev–Trinajstić information content (AvgIpc) is 3.64. The number of benzene rings is 3. The number of ether oxygens (including phenoxy) is 1. The van der Waals surface area contributed by atoms with Crippen LogP contribution in [-0.2, 0) is 24.8 Å². The van der Waals surface area contributed by atoms with Gasteiger partial charge in [0, 0.05) is 41.2 Å². The Hall–Kier alpha value is -4.21. The minimum absolute atomic E-state index is 0.0157. The average molecular weight is 578 g/mol. The predicted molar refractivity (Wildman–Crippen MR) is 164 cm³/mol. The number of aromatic nitrogens is 1. The molecule has 1 aromatic heterocycles. The minimum Gasteiger partial charge on any atom is -0.508 e. The Bertz CT molecular complexity index is 1830. The molecule has 1 spiro atoms. The molecule has 9 heteroatoms. The summed E-state index contributed by atoms with van der Waals surface area (Å²) >= 11 is 0. The molecule has 0 radical (unpaired) electrons. The Balaban J connectivity index is 1.12. The lowest BCUT2D eigenvalue weighted by Gasteiger charge is -2.62. The van der Waals surface area contributed by atoms with Gasteiger partial charge in [-0.05, 0) is 91.2 Å². The van der Waals surface area contributed by atoms with Gasteiger partial charge < -0.3 is 36.1 Å². The lowest BCUT2D eigenvalue weighted by Crippen LogP contribution is -2.74. The Morgan fingerprint density at radius 3 is 2.77 bits per heavy atom. The first kappa shape index (κ1) is 25.3. The van der Waals surface area contributed by atoms with Crippen LogP contribution in [0.15, 0.2) is 59.6 Å². The van der Waals surface area contributed by atoms with Gasteiger partial charge in [0.2, 0.25) is 0 Å². The number of rotatable bonds is 5. The van der Waals surface area contributed by atoms with Crippen molar-refractivity contribution < 1.29 is 20.1 Å². The van der Waals surface area contributed by atoms with Gasteiger partial charge in [0.25, 0.3) is 0 Å². The maximum absolute atomic E-state index is 13.1. The van der Waals surface area contributed by atoms with Crippen LogP contribution in [0.2, 0.25) is 0 Å². The van der Waals surface area contributed by atoms with E-state index in [9.17, 15) is 15.3 Å². The largest absolute Gasteiger partial charge is 0.508 e. The Morgan fingerprint density at radius 2 is 1.95 bits per heavy atom. The van der Waals surface area contributed by atoms with Gasteiger partial charge in [-0.25, -0.2) is 4.99 Å². The highest BCUT2D eigenvalue weighted by atomic mass is 16.5. The van der Waals surface area contributed by atoms with Gasteiger partial charge in [-0.2, -0.15) is 0 Å². The normalized spacial score (nSPS) is 28.8. The number of hydrogen-bond acceptors (Lipinski definition) is 6. The zero-order valence-corrected chi connectivity index (χ0v) is 23.8. The van der Waals surface area contributed by atoms with E-state index in [1.807, 2.05) is 30.3 Å². The molecule has 220 valence electrons. The van der Waals surface area contributed by atoms with Gasteiger partial charge in [0.1, 0.15) is 5.75 Å². The monoisotopic (exact) mass is 577 g/mol. The smallest absolute Gasteiger partial charge is 0.193 e. The van der Waals surface area contributed by atoms with Crippen LogP contribution in [0.3, 0.4) is 0 Å². The number of aliphatic hydroxyl groups is 1. The number of H-pyrrole nitrogens is 1. The molecule has 0 amide bonds. The molecule has 9 rings (SSSR count). The number of nitrogens with one attached hydrogen (secondary N) is 2. The highest BCUT2D eigenvalue weighted by Gasteiger charge is 2.72. The number of guanidine groups is 1. The Morgan fingerprint density at radius 1 is 1.12 bits per heavy atom. The van der Waals surface area contributed by atoms with Crippen LogP contribution >= 0.6 is 0 Å². The summed E-state index contributed by atoms with van der Waals surface area (Å²) in [4.78, 5) is 10.7. The Labute approximate surface area is 249 Å². The van der Waals surface area contributed by atoms with Crippen molar-refractivity contribution in [3.05, 3.63) is 82.5 Å². The second kappa shape index (κ2) is 8.67. The third-order valence-corrected chi connectivity index (χ3v) is 10.8. The third kappa shape index (κ3) is 3.49. The van der Waals surface area contributed by atoms with Crippen LogP contribution in [0.25, 0.3) is 10.9 Å². The first-order valence-corrected chi connectivity index (χ1v) is 15.3. The maximum atomic E-state index is 13.1. The molecule has 1 saturated heterocycles. The van der Waals surface area contributed by atoms with Crippen molar-refractivity contribution in [2.75, 3.05) is 18.4 Å². The molecule has 1 saturated carbocycles. The summed E-state index contributed by atoms with van der Waals surface area (Å²) in [7, 11) is 0. The number of piperidine rings is 1. The molecule has 3 heterocycles. The lowest BCUT2D eigenvalue weighted by molar-refractivity contribution is -0.173. The fraction of sp³-hybridized carbons (Fsp3) is 0.382. The molecule has 2 aliphatic heterocycles. The molecule has 2 fully saturated rings. The van der Waals surface area contributed by atoms with Crippen molar-refractivity contribution in [3.63, 3.8) is 0 Å². The number of phenolic OH excluding ortho intramolecular Hbond substituents is 2. The van der Waals surface area contributed by atoms with Crippen LogP contribution in [0.5, 0.6) is 17.2 Å².